The van der Waals surface area contributed by atoms with Gasteiger partial charge in [-0.2, -0.15) is 11.8 Å². The molecule has 1 aliphatic heterocycles. The minimum Gasteiger partial charge on any atom is -0.315 e. The summed E-state index contributed by atoms with van der Waals surface area (Å²) in [6.07, 6.45) is 1.25. The van der Waals surface area contributed by atoms with Crippen molar-refractivity contribution < 1.29 is 0 Å². The van der Waals surface area contributed by atoms with Crippen LogP contribution in [0.4, 0.5) is 0 Å². The first-order chi connectivity index (χ1) is 9.17. The molecule has 2 nitrogen and oxygen atoms in total. The lowest BCUT2D eigenvalue weighted by atomic mass is 10.1. The van der Waals surface area contributed by atoms with Crippen molar-refractivity contribution in [3.63, 3.8) is 0 Å². The summed E-state index contributed by atoms with van der Waals surface area (Å²) in [4.78, 5) is 6.42. The van der Waals surface area contributed by atoms with Gasteiger partial charge in [0.1, 0.15) is 5.01 Å². The van der Waals surface area contributed by atoms with Crippen LogP contribution in [0.5, 0.6) is 0 Å². The Balaban J connectivity index is 2.25. The first kappa shape index (κ1) is 15.7. The number of hydrogen-bond donors (Lipinski definition) is 1. The maximum Gasteiger partial charge on any atom is 0.107 e. The fourth-order valence-corrected chi connectivity index (χ4v) is 7.03. The van der Waals surface area contributed by atoms with Gasteiger partial charge in [-0.3, -0.25) is 0 Å². The number of thiazole rings is 1. The summed E-state index contributed by atoms with van der Waals surface area (Å²) in [5.74, 6) is 3.09. The molecule has 1 fully saturated rings. The van der Waals surface area contributed by atoms with Gasteiger partial charge in [-0.05, 0) is 19.4 Å². The van der Waals surface area contributed by atoms with Crippen LogP contribution >= 0.6 is 34.9 Å². The molecule has 0 spiro atoms. The average Bonchev–Trinajstić information content (AvgIpc) is 2.83. The van der Waals surface area contributed by atoms with E-state index in [0.29, 0.717) is 11.2 Å². The lowest BCUT2D eigenvalue weighted by Gasteiger charge is -2.28. The van der Waals surface area contributed by atoms with Crippen LogP contribution in [0.2, 0.25) is 0 Å². The van der Waals surface area contributed by atoms with Crippen molar-refractivity contribution in [1.82, 2.24) is 10.3 Å². The smallest absolute Gasteiger partial charge is 0.107 e. The molecule has 0 saturated carbocycles. The molecule has 2 heterocycles. The van der Waals surface area contributed by atoms with Crippen LogP contribution in [0.1, 0.15) is 53.9 Å². The van der Waals surface area contributed by atoms with Gasteiger partial charge < -0.3 is 5.32 Å². The zero-order valence-corrected chi connectivity index (χ0v) is 14.7. The summed E-state index contributed by atoms with van der Waals surface area (Å²) >= 11 is 6.17. The zero-order valence-electron chi connectivity index (χ0n) is 12.2. The Morgan fingerprint density at radius 3 is 2.68 bits per heavy atom. The molecule has 2 unspecified atom stereocenters. The molecule has 0 aromatic carbocycles. The second kappa shape index (κ2) is 7.34. The first-order valence-corrected chi connectivity index (χ1v) is 9.96. The Hall–Kier alpha value is 0.290. The van der Waals surface area contributed by atoms with E-state index in [4.69, 9.17) is 4.98 Å². The Bertz CT molecular complexity index is 403. The van der Waals surface area contributed by atoms with Gasteiger partial charge in [-0.15, -0.1) is 23.1 Å². The highest BCUT2D eigenvalue weighted by Crippen LogP contribution is 2.46. The average molecular weight is 317 g/mol. The maximum absolute atomic E-state index is 4.99. The van der Waals surface area contributed by atoms with E-state index in [1.807, 2.05) is 18.4 Å². The maximum atomic E-state index is 4.99. The second-order valence-corrected chi connectivity index (χ2v) is 8.87. The normalized spacial score (nSPS) is 24.1. The SMILES string of the molecule is CCC1SCCSC1c1nc(C(C)C)c(CNC)s1. The van der Waals surface area contributed by atoms with Gasteiger partial charge in [0.2, 0.25) is 0 Å². The monoisotopic (exact) mass is 316 g/mol. The minimum absolute atomic E-state index is 0.523. The van der Waals surface area contributed by atoms with Gasteiger partial charge in [0.15, 0.2) is 0 Å². The predicted octanol–water partition coefficient (Wildman–Crippen LogP) is 4.29. The van der Waals surface area contributed by atoms with Gasteiger partial charge >= 0.3 is 0 Å². The van der Waals surface area contributed by atoms with E-state index in [0.717, 1.165) is 11.8 Å². The number of nitrogens with zero attached hydrogens (tertiary/aromatic N) is 1. The zero-order chi connectivity index (χ0) is 13.8. The Labute approximate surface area is 129 Å². The molecule has 1 saturated heterocycles. The Kier molecular flexibility index (Phi) is 6.06. The first-order valence-electron chi connectivity index (χ1n) is 7.04. The summed E-state index contributed by atoms with van der Waals surface area (Å²) in [7, 11) is 2.02. The van der Waals surface area contributed by atoms with E-state index in [1.165, 1.54) is 33.5 Å². The van der Waals surface area contributed by atoms with Gasteiger partial charge in [-0.25, -0.2) is 4.98 Å². The van der Waals surface area contributed by atoms with E-state index in [2.05, 4.69) is 49.6 Å². The van der Waals surface area contributed by atoms with Crippen molar-refractivity contribution in [1.29, 1.82) is 0 Å². The Morgan fingerprint density at radius 1 is 1.32 bits per heavy atom. The molecule has 1 aromatic rings. The topological polar surface area (TPSA) is 24.9 Å². The van der Waals surface area contributed by atoms with Crippen LogP contribution in [0.25, 0.3) is 0 Å². The molecule has 108 valence electrons. The number of thioether (sulfide) groups is 2. The molecular formula is C14H24N2S3. The number of aromatic nitrogens is 1. The van der Waals surface area contributed by atoms with Gasteiger partial charge in [-0.1, -0.05) is 20.8 Å². The van der Waals surface area contributed by atoms with Crippen molar-refractivity contribution in [3.8, 4) is 0 Å². The number of hydrogen-bond acceptors (Lipinski definition) is 5. The highest BCUT2D eigenvalue weighted by atomic mass is 32.2. The molecule has 0 radical (unpaired) electrons. The summed E-state index contributed by atoms with van der Waals surface area (Å²) in [6.45, 7) is 7.75. The fourth-order valence-electron chi connectivity index (χ4n) is 2.37. The van der Waals surface area contributed by atoms with Crippen molar-refractivity contribution in [2.75, 3.05) is 18.6 Å². The van der Waals surface area contributed by atoms with E-state index < -0.39 is 0 Å². The lowest BCUT2D eigenvalue weighted by Crippen LogP contribution is -2.18. The third kappa shape index (κ3) is 3.69. The van der Waals surface area contributed by atoms with Crippen molar-refractivity contribution >= 4 is 34.9 Å². The largest absolute Gasteiger partial charge is 0.315 e. The third-order valence-electron chi connectivity index (χ3n) is 3.32. The van der Waals surface area contributed by atoms with E-state index in [9.17, 15) is 0 Å². The molecule has 0 aliphatic carbocycles. The van der Waals surface area contributed by atoms with Crippen LogP contribution in [0.15, 0.2) is 0 Å². The second-order valence-electron chi connectivity index (χ2n) is 5.15. The quantitative estimate of drug-likeness (QED) is 0.876. The molecule has 1 N–H and O–H groups in total. The van der Waals surface area contributed by atoms with Crippen molar-refractivity contribution in [2.45, 2.75) is 50.2 Å². The molecule has 1 aromatic heterocycles. The lowest BCUT2D eigenvalue weighted by molar-refractivity contribution is 0.752. The molecular weight excluding hydrogens is 292 g/mol. The van der Waals surface area contributed by atoms with Crippen molar-refractivity contribution in [3.05, 3.63) is 15.6 Å². The summed E-state index contributed by atoms with van der Waals surface area (Å²) in [5, 5.41) is 5.99. The molecule has 5 heteroatoms. The number of nitrogens with one attached hydrogen (secondary N) is 1. The standard InChI is InChI=1S/C14H24N2S3/c1-5-10-13(18-7-6-17-10)14-16-12(9(2)3)11(19-14)8-15-4/h9-10,13,15H,5-8H2,1-4H3. The van der Waals surface area contributed by atoms with Crippen LogP contribution in [0, 0.1) is 0 Å². The molecule has 2 rings (SSSR count). The predicted molar refractivity (Wildman–Crippen MR) is 90.7 cm³/mol. The molecule has 19 heavy (non-hydrogen) atoms. The summed E-state index contributed by atoms with van der Waals surface area (Å²) < 4.78 is 0. The number of rotatable bonds is 5. The highest BCUT2D eigenvalue weighted by molar-refractivity contribution is 8.06. The van der Waals surface area contributed by atoms with Crippen LogP contribution < -0.4 is 5.32 Å². The van der Waals surface area contributed by atoms with Crippen LogP contribution in [-0.2, 0) is 6.54 Å². The molecule has 0 amide bonds. The van der Waals surface area contributed by atoms with E-state index in [-0.39, 0.29) is 0 Å². The van der Waals surface area contributed by atoms with Gasteiger partial charge in [0.05, 0.1) is 10.9 Å². The third-order valence-corrected chi connectivity index (χ3v) is 7.88. The molecule has 2 atom stereocenters. The highest BCUT2D eigenvalue weighted by Gasteiger charge is 2.30. The molecule has 0 bridgehead atoms. The van der Waals surface area contributed by atoms with E-state index >= 15 is 0 Å². The van der Waals surface area contributed by atoms with Gasteiger partial charge in [0, 0.05) is 28.2 Å². The van der Waals surface area contributed by atoms with Crippen LogP contribution in [-0.4, -0.2) is 28.8 Å². The van der Waals surface area contributed by atoms with Crippen LogP contribution in [0.3, 0.4) is 0 Å². The van der Waals surface area contributed by atoms with E-state index in [1.54, 1.807) is 0 Å². The minimum atomic E-state index is 0.523. The molecule has 1 aliphatic rings. The van der Waals surface area contributed by atoms with Crippen molar-refractivity contribution in [2.24, 2.45) is 0 Å². The summed E-state index contributed by atoms with van der Waals surface area (Å²) in [6, 6.07) is 0. The van der Waals surface area contributed by atoms with Gasteiger partial charge in [0.25, 0.3) is 0 Å². The fraction of sp³-hybridized carbons (Fsp3) is 0.786. The summed E-state index contributed by atoms with van der Waals surface area (Å²) in [5.41, 5.74) is 1.31. The Morgan fingerprint density at radius 2 is 2.05 bits per heavy atom.